The zero-order chi connectivity index (χ0) is 14.7. The summed E-state index contributed by atoms with van der Waals surface area (Å²) in [5, 5.41) is 3.06. The van der Waals surface area contributed by atoms with Crippen LogP contribution in [0.4, 0.5) is 11.4 Å². The fraction of sp³-hybridized carbons (Fsp3) is 0. The third-order valence-electron chi connectivity index (χ3n) is 2.61. The molecule has 2 aromatic rings. The first-order chi connectivity index (χ1) is 9.45. The Labute approximate surface area is 120 Å². The number of hydrogen-bond donors (Lipinski definition) is 3. The van der Waals surface area contributed by atoms with Crippen LogP contribution in [0.3, 0.4) is 0 Å². The number of hydrogen-bond acceptors (Lipinski definition) is 3. The van der Waals surface area contributed by atoms with Crippen molar-refractivity contribution in [3.8, 4) is 0 Å². The number of amides is 2. The van der Waals surface area contributed by atoms with Crippen molar-refractivity contribution in [1.82, 2.24) is 0 Å². The highest BCUT2D eigenvalue weighted by Crippen LogP contribution is 2.18. The van der Waals surface area contributed by atoms with Crippen molar-refractivity contribution >= 4 is 34.8 Å². The second kappa shape index (κ2) is 5.63. The molecule has 0 aliphatic rings. The summed E-state index contributed by atoms with van der Waals surface area (Å²) < 4.78 is 0. The summed E-state index contributed by atoms with van der Waals surface area (Å²) in [7, 11) is 0. The Kier molecular flexibility index (Phi) is 3.91. The monoisotopic (exact) mass is 289 g/mol. The number of benzene rings is 2. The number of anilines is 2. The number of carbonyl (C=O) groups is 2. The molecule has 0 radical (unpaired) electrons. The summed E-state index contributed by atoms with van der Waals surface area (Å²) in [5.74, 6) is -0.864. The van der Waals surface area contributed by atoms with Crippen molar-refractivity contribution in [3.63, 3.8) is 0 Å². The molecule has 0 bridgehead atoms. The number of nitrogens with two attached hydrogens (primary N) is 2. The van der Waals surface area contributed by atoms with Crippen molar-refractivity contribution < 1.29 is 9.59 Å². The van der Waals surface area contributed by atoms with Gasteiger partial charge in [-0.05, 0) is 42.5 Å². The molecule has 0 saturated carbocycles. The zero-order valence-electron chi connectivity index (χ0n) is 10.4. The maximum atomic E-state index is 12.0. The van der Waals surface area contributed by atoms with Crippen molar-refractivity contribution in [2.24, 2.45) is 5.73 Å². The van der Waals surface area contributed by atoms with Gasteiger partial charge in [0.1, 0.15) is 0 Å². The lowest BCUT2D eigenvalue weighted by Crippen LogP contribution is -2.13. The van der Waals surface area contributed by atoms with Crippen LogP contribution < -0.4 is 16.8 Å². The number of halogens is 1. The van der Waals surface area contributed by atoms with Gasteiger partial charge in [0.05, 0.1) is 0 Å². The lowest BCUT2D eigenvalue weighted by molar-refractivity contribution is 0.0998. The smallest absolute Gasteiger partial charge is 0.255 e. The molecule has 2 rings (SSSR count). The molecular weight excluding hydrogens is 278 g/mol. The molecule has 5 N–H and O–H groups in total. The molecule has 102 valence electrons. The highest BCUT2D eigenvalue weighted by molar-refractivity contribution is 6.31. The van der Waals surface area contributed by atoms with Crippen LogP contribution in [0.2, 0.25) is 5.02 Å². The minimum absolute atomic E-state index is 0.342. The Morgan fingerprint density at radius 1 is 1.00 bits per heavy atom. The number of nitrogen functional groups attached to an aromatic ring is 1. The average Bonchev–Trinajstić information content (AvgIpc) is 2.38. The van der Waals surface area contributed by atoms with E-state index < -0.39 is 5.91 Å². The Morgan fingerprint density at radius 2 is 1.65 bits per heavy atom. The lowest BCUT2D eigenvalue weighted by Gasteiger charge is -2.07. The molecule has 6 heteroatoms. The topological polar surface area (TPSA) is 98.2 Å². The minimum atomic E-state index is -0.523. The van der Waals surface area contributed by atoms with E-state index in [0.717, 1.165) is 0 Å². The van der Waals surface area contributed by atoms with Crippen LogP contribution in [-0.4, -0.2) is 11.8 Å². The molecule has 2 amide bonds. The van der Waals surface area contributed by atoms with E-state index in [4.69, 9.17) is 23.1 Å². The van der Waals surface area contributed by atoms with Gasteiger partial charge in [-0.25, -0.2) is 0 Å². The first-order valence-electron chi connectivity index (χ1n) is 5.73. The first kappa shape index (κ1) is 13.9. The molecule has 2 aromatic carbocycles. The second-order valence-corrected chi connectivity index (χ2v) is 4.61. The van der Waals surface area contributed by atoms with Crippen molar-refractivity contribution in [2.75, 3.05) is 11.1 Å². The van der Waals surface area contributed by atoms with Crippen LogP contribution in [0.25, 0.3) is 0 Å². The van der Waals surface area contributed by atoms with Crippen LogP contribution in [-0.2, 0) is 0 Å². The molecule has 0 unspecified atom stereocenters. The van der Waals surface area contributed by atoms with Gasteiger partial charge in [0.15, 0.2) is 0 Å². The van der Waals surface area contributed by atoms with Crippen molar-refractivity contribution in [2.45, 2.75) is 0 Å². The Balaban J connectivity index is 2.16. The first-order valence-corrected chi connectivity index (χ1v) is 6.11. The van der Waals surface area contributed by atoms with Gasteiger partial charge in [0, 0.05) is 27.5 Å². The summed E-state index contributed by atoms with van der Waals surface area (Å²) in [4.78, 5) is 23.0. The minimum Gasteiger partial charge on any atom is -0.399 e. The van der Waals surface area contributed by atoms with E-state index in [1.807, 2.05) is 0 Å². The van der Waals surface area contributed by atoms with E-state index in [-0.39, 0.29) is 5.91 Å². The summed E-state index contributed by atoms with van der Waals surface area (Å²) >= 11 is 5.84. The lowest BCUT2D eigenvalue weighted by atomic mass is 10.1. The Bertz CT molecular complexity index is 648. The van der Waals surface area contributed by atoms with Crippen LogP contribution in [0, 0.1) is 0 Å². The fourth-order valence-electron chi connectivity index (χ4n) is 1.66. The van der Waals surface area contributed by atoms with Crippen LogP contribution in [0.15, 0.2) is 42.5 Å². The third kappa shape index (κ3) is 3.27. The molecule has 0 fully saturated rings. The summed E-state index contributed by atoms with van der Waals surface area (Å²) in [6, 6.07) is 10.8. The average molecular weight is 290 g/mol. The van der Waals surface area contributed by atoms with E-state index in [1.165, 1.54) is 24.3 Å². The second-order valence-electron chi connectivity index (χ2n) is 4.17. The molecule has 5 nitrogen and oxygen atoms in total. The molecule has 20 heavy (non-hydrogen) atoms. The molecule has 0 atom stereocenters. The number of carbonyl (C=O) groups excluding carboxylic acids is 2. The van der Waals surface area contributed by atoms with E-state index in [9.17, 15) is 9.59 Å². The van der Waals surface area contributed by atoms with E-state index in [2.05, 4.69) is 5.32 Å². The molecule has 0 heterocycles. The van der Waals surface area contributed by atoms with Gasteiger partial charge < -0.3 is 16.8 Å². The number of nitrogens with one attached hydrogen (secondary N) is 1. The zero-order valence-corrected chi connectivity index (χ0v) is 11.1. The predicted octanol–water partition coefficient (Wildman–Crippen LogP) is 2.27. The van der Waals surface area contributed by atoms with Gasteiger partial charge in [0.2, 0.25) is 5.91 Å². The van der Waals surface area contributed by atoms with Crippen LogP contribution >= 0.6 is 11.6 Å². The van der Waals surface area contributed by atoms with Gasteiger partial charge in [-0.2, -0.15) is 0 Å². The SMILES string of the molecule is NC(=O)c1ccc(NC(=O)c2cc(N)cc(Cl)c2)cc1. The Morgan fingerprint density at radius 3 is 2.20 bits per heavy atom. The van der Waals surface area contributed by atoms with E-state index >= 15 is 0 Å². The standard InChI is InChI=1S/C14H12ClN3O2/c15-10-5-9(6-11(16)7-10)14(20)18-12-3-1-8(2-4-12)13(17)19/h1-7H,16H2,(H2,17,19)(H,18,20). The van der Waals surface area contributed by atoms with E-state index in [0.29, 0.717) is 27.5 Å². The predicted molar refractivity (Wildman–Crippen MR) is 78.8 cm³/mol. The molecule has 0 saturated heterocycles. The third-order valence-corrected chi connectivity index (χ3v) is 2.83. The maximum Gasteiger partial charge on any atom is 0.255 e. The maximum absolute atomic E-state index is 12.0. The summed E-state index contributed by atoms with van der Waals surface area (Å²) in [5.41, 5.74) is 12.4. The summed E-state index contributed by atoms with van der Waals surface area (Å²) in [6.07, 6.45) is 0. The quantitative estimate of drug-likeness (QED) is 0.756. The molecule has 0 spiro atoms. The van der Waals surface area contributed by atoms with Gasteiger partial charge in [-0.1, -0.05) is 11.6 Å². The highest BCUT2D eigenvalue weighted by atomic mass is 35.5. The largest absolute Gasteiger partial charge is 0.399 e. The van der Waals surface area contributed by atoms with Crippen molar-refractivity contribution in [3.05, 3.63) is 58.6 Å². The number of rotatable bonds is 3. The molecule has 0 aliphatic carbocycles. The van der Waals surface area contributed by atoms with Crippen LogP contribution in [0.5, 0.6) is 0 Å². The number of primary amides is 1. The van der Waals surface area contributed by atoms with Crippen LogP contribution in [0.1, 0.15) is 20.7 Å². The Hall–Kier alpha value is -2.53. The summed E-state index contributed by atoms with van der Waals surface area (Å²) in [6.45, 7) is 0. The normalized spacial score (nSPS) is 10.1. The van der Waals surface area contributed by atoms with Gasteiger partial charge >= 0.3 is 0 Å². The van der Waals surface area contributed by atoms with E-state index in [1.54, 1.807) is 18.2 Å². The molecule has 0 aromatic heterocycles. The van der Waals surface area contributed by atoms with Crippen molar-refractivity contribution in [1.29, 1.82) is 0 Å². The highest BCUT2D eigenvalue weighted by Gasteiger charge is 2.08. The van der Waals surface area contributed by atoms with Gasteiger partial charge in [-0.15, -0.1) is 0 Å². The molecular formula is C14H12ClN3O2. The van der Waals surface area contributed by atoms with Gasteiger partial charge in [-0.3, -0.25) is 9.59 Å². The van der Waals surface area contributed by atoms with Gasteiger partial charge in [0.25, 0.3) is 5.91 Å². The molecule has 0 aliphatic heterocycles. The fourth-order valence-corrected chi connectivity index (χ4v) is 1.91.